The fourth-order valence-corrected chi connectivity index (χ4v) is 6.97. The van der Waals surface area contributed by atoms with E-state index in [0.29, 0.717) is 0 Å². The van der Waals surface area contributed by atoms with Crippen LogP contribution in [0.1, 0.15) is 105 Å². The smallest absolute Gasteiger partial charge is 1.00 e. The molecule has 0 aromatic heterocycles. The summed E-state index contributed by atoms with van der Waals surface area (Å²) in [6, 6.07) is 13.8. The third-order valence-electron chi connectivity index (χ3n) is 6.51. The van der Waals surface area contributed by atoms with Gasteiger partial charge in [-0.1, -0.05) is 92.5 Å². The molecule has 2 aromatic rings. The summed E-state index contributed by atoms with van der Waals surface area (Å²) in [4.78, 5) is 0. The van der Waals surface area contributed by atoms with Crippen LogP contribution in [0.25, 0.3) is 10.8 Å². The molecule has 194 valence electrons. The Balaban J connectivity index is 0. The van der Waals surface area contributed by atoms with Crippen LogP contribution in [0, 0.1) is 6.08 Å². The minimum absolute atomic E-state index is 0. The Morgan fingerprint density at radius 1 is 0.829 bits per heavy atom. The van der Waals surface area contributed by atoms with Crippen molar-refractivity contribution in [2.24, 2.45) is 0 Å². The van der Waals surface area contributed by atoms with E-state index >= 15 is 0 Å². The first-order valence-corrected chi connectivity index (χ1v) is 15.1. The van der Waals surface area contributed by atoms with Gasteiger partial charge < -0.3 is 24.8 Å². The van der Waals surface area contributed by atoms with Gasteiger partial charge in [0.2, 0.25) is 0 Å². The summed E-state index contributed by atoms with van der Waals surface area (Å²) in [5, 5.41) is 4.53. The van der Waals surface area contributed by atoms with E-state index < -0.39 is 0 Å². The number of rotatable bonds is 14. The average molecular weight is 569 g/mol. The number of benzene rings is 1. The van der Waals surface area contributed by atoms with Gasteiger partial charge in [0.1, 0.15) is 0 Å². The fraction of sp³-hybridized carbons (Fsp3) is 0.581. The van der Waals surface area contributed by atoms with Gasteiger partial charge in [-0.05, 0) is 25.2 Å². The standard InChI is InChI=1S/C21H32P.C10H15.2ClH.Ti/c1-3-5-7-11-15-22(16-12-8-6-4-2)21-17-19-13-9-10-14-20(19)18-21;1-3-4-7-10-8-5-6-9(10)2;;;/h9-10,13-14,17-18H,3-8,11-12,15-16H2,1-2H3;6H,3-5,7H2,1-2H3;2*1H;/q2*-1;;;+4/p-2. The molecule has 0 aliphatic heterocycles. The van der Waals surface area contributed by atoms with Gasteiger partial charge in [-0.25, -0.2) is 11.1 Å². The molecule has 3 rings (SSSR count). The summed E-state index contributed by atoms with van der Waals surface area (Å²) >= 11 is 0. The van der Waals surface area contributed by atoms with Gasteiger partial charge in [0.25, 0.3) is 0 Å². The quantitative estimate of drug-likeness (QED) is 0.139. The van der Waals surface area contributed by atoms with Crippen LogP contribution in [0.15, 0.2) is 53.6 Å². The molecule has 2 aromatic carbocycles. The van der Waals surface area contributed by atoms with E-state index in [1.807, 2.05) is 0 Å². The van der Waals surface area contributed by atoms with E-state index in [4.69, 9.17) is 0 Å². The molecule has 0 heterocycles. The van der Waals surface area contributed by atoms with Crippen molar-refractivity contribution in [2.75, 3.05) is 12.3 Å². The van der Waals surface area contributed by atoms with Crippen LogP contribution in [0.2, 0.25) is 0 Å². The number of fused-ring (bicyclic) bond motifs is 1. The van der Waals surface area contributed by atoms with E-state index in [-0.39, 0.29) is 54.5 Å². The third-order valence-corrected chi connectivity index (χ3v) is 9.21. The Morgan fingerprint density at radius 2 is 1.43 bits per heavy atom. The molecule has 35 heavy (non-hydrogen) atoms. The van der Waals surface area contributed by atoms with Crippen molar-refractivity contribution in [2.45, 2.75) is 105 Å². The molecule has 1 aliphatic carbocycles. The average Bonchev–Trinajstić information content (AvgIpc) is 3.42. The van der Waals surface area contributed by atoms with E-state index in [1.54, 1.807) is 5.30 Å². The fourth-order valence-electron chi connectivity index (χ4n) is 4.37. The van der Waals surface area contributed by atoms with E-state index in [2.05, 4.69) is 76.2 Å². The molecule has 0 atom stereocenters. The van der Waals surface area contributed by atoms with Crippen molar-refractivity contribution in [3.63, 3.8) is 0 Å². The van der Waals surface area contributed by atoms with Gasteiger partial charge in [0.05, 0.1) is 0 Å². The molecule has 0 spiro atoms. The minimum Gasteiger partial charge on any atom is -1.00 e. The summed E-state index contributed by atoms with van der Waals surface area (Å²) in [6.45, 7) is 9.02. The predicted molar refractivity (Wildman–Crippen MR) is 149 cm³/mol. The van der Waals surface area contributed by atoms with Crippen molar-refractivity contribution in [1.82, 2.24) is 0 Å². The van der Waals surface area contributed by atoms with Crippen molar-refractivity contribution in [3.05, 3.63) is 59.7 Å². The largest absolute Gasteiger partial charge is 4.00 e. The van der Waals surface area contributed by atoms with Gasteiger partial charge in [0.15, 0.2) is 0 Å². The molecule has 4 heteroatoms. The van der Waals surface area contributed by atoms with Crippen LogP contribution in [0.5, 0.6) is 0 Å². The predicted octanol–water partition coefficient (Wildman–Crippen LogP) is 4.09. The summed E-state index contributed by atoms with van der Waals surface area (Å²) in [5.74, 6) is 0. The maximum Gasteiger partial charge on any atom is 4.00 e. The van der Waals surface area contributed by atoms with Crippen LogP contribution < -0.4 is 30.1 Å². The normalized spacial score (nSPS) is 12.1. The molecule has 1 aliphatic rings. The summed E-state index contributed by atoms with van der Waals surface area (Å²) in [6.07, 6.45) is 24.6. The molecule has 0 nitrogen and oxygen atoms in total. The maximum absolute atomic E-state index is 3.37. The Labute approximate surface area is 246 Å². The Morgan fingerprint density at radius 3 is 1.94 bits per heavy atom. The zero-order valence-electron chi connectivity index (χ0n) is 22.6. The third kappa shape index (κ3) is 14.5. The maximum atomic E-state index is 3.37. The number of unbranched alkanes of at least 4 members (excludes halogenated alkanes) is 7. The molecule has 0 fully saturated rings. The monoisotopic (exact) mass is 568 g/mol. The van der Waals surface area contributed by atoms with Crippen LogP contribution in [-0.4, -0.2) is 12.3 Å². The van der Waals surface area contributed by atoms with E-state index in [0.717, 1.165) is 6.42 Å². The van der Waals surface area contributed by atoms with E-state index in [1.165, 1.54) is 105 Å². The van der Waals surface area contributed by atoms with Crippen LogP contribution >= 0.6 is 7.92 Å². The Hall–Kier alpha value is 0.0343. The molecule has 0 bridgehead atoms. The summed E-state index contributed by atoms with van der Waals surface area (Å²) in [5.41, 5.74) is 2.91. The topological polar surface area (TPSA) is 0 Å². The van der Waals surface area contributed by atoms with Gasteiger partial charge in [-0.3, -0.25) is 6.08 Å². The SMILES string of the molecule is CCCCC1=[C-]CC=C1C.CCCCCCP(CCCCCC)c1cc2ccccc2[cH-]1.[Cl-].[Cl-].[Ti+4]. The van der Waals surface area contributed by atoms with Crippen LogP contribution in [0.3, 0.4) is 0 Å². The van der Waals surface area contributed by atoms with E-state index in [9.17, 15) is 0 Å². The van der Waals surface area contributed by atoms with Crippen molar-refractivity contribution >= 4 is 24.0 Å². The molecular formula is C31H47Cl2PTi. The zero-order chi connectivity index (χ0) is 23.0. The van der Waals surface area contributed by atoms with Gasteiger partial charge in [0, 0.05) is 0 Å². The number of hydrogen-bond donors (Lipinski definition) is 0. The van der Waals surface area contributed by atoms with Gasteiger partial charge >= 0.3 is 21.7 Å². The van der Waals surface area contributed by atoms with Crippen LogP contribution in [0.4, 0.5) is 0 Å². The minimum atomic E-state index is 0. The van der Waals surface area contributed by atoms with Crippen LogP contribution in [-0.2, 0) is 21.7 Å². The molecule has 0 saturated heterocycles. The van der Waals surface area contributed by atoms with Gasteiger partial charge in [-0.2, -0.15) is 12.1 Å². The second kappa shape index (κ2) is 23.2. The molecule has 0 amide bonds. The zero-order valence-corrected chi connectivity index (χ0v) is 26.6. The van der Waals surface area contributed by atoms with Crippen molar-refractivity contribution < 1.29 is 46.5 Å². The second-order valence-electron chi connectivity index (χ2n) is 9.30. The first-order chi connectivity index (χ1) is 15.7. The Bertz CT molecular complexity index is 779. The second-order valence-corrected chi connectivity index (χ2v) is 11.8. The first kappa shape index (κ1) is 37.2. The Kier molecular flexibility index (Phi) is 24.6. The van der Waals surface area contributed by atoms with Gasteiger partial charge in [-0.15, -0.1) is 53.7 Å². The molecule has 0 N–H and O–H groups in total. The van der Waals surface area contributed by atoms with Crippen molar-refractivity contribution in [3.8, 4) is 0 Å². The number of allylic oxidation sites excluding steroid dienone is 4. The molecule has 0 radical (unpaired) electrons. The van der Waals surface area contributed by atoms with Crippen molar-refractivity contribution in [1.29, 1.82) is 0 Å². The number of halogens is 2. The molecule has 0 saturated carbocycles. The summed E-state index contributed by atoms with van der Waals surface area (Å²) < 4.78 is 0. The number of hydrogen-bond acceptors (Lipinski definition) is 0. The first-order valence-electron chi connectivity index (χ1n) is 13.4. The summed E-state index contributed by atoms with van der Waals surface area (Å²) in [7, 11) is 0.0642. The molecular weight excluding hydrogens is 522 g/mol. The molecule has 0 unspecified atom stereocenters.